The number of para-hydroxylation sites is 1. The fraction of sp³-hybridized carbons (Fsp3) is 0.250. The Hall–Kier alpha value is -3.43. The zero-order valence-corrected chi connectivity index (χ0v) is 25.0. The van der Waals surface area contributed by atoms with Crippen molar-refractivity contribution in [3.63, 3.8) is 0 Å². The predicted molar refractivity (Wildman–Crippen MR) is 159 cm³/mol. The van der Waals surface area contributed by atoms with Crippen LogP contribution in [0.5, 0.6) is 0 Å². The largest absolute Gasteiger partial charge is 0.384 e. The maximum atomic E-state index is 15.0. The molecule has 0 fully saturated rings. The summed E-state index contributed by atoms with van der Waals surface area (Å²) in [5.74, 6) is -1.92. The molecule has 0 bridgehead atoms. The van der Waals surface area contributed by atoms with E-state index in [0.29, 0.717) is 42.9 Å². The van der Waals surface area contributed by atoms with Gasteiger partial charge in [0.05, 0.1) is 39.0 Å². The topological polar surface area (TPSA) is 125 Å². The van der Waals surface area contributed by atoms with Crippen molar-refractivity contribution in [2.75, 3.05) is 16.0 Å². The molecule has 1 atom stereocenters. The minimum atomic E-state index is -0.932. The molecule has 5 rings (SSSR count). The molecule has 1 aromatic heterocycles. The highest BCUT2D eigenvalue weighted by atomic mass is 35.5. The number of halogens is 3. The minimum Gasteiger partial charge on any atom is -0.384 e. The first-order valence-electron chi connectivity index (χ1n) is 12.4. The number of nitrogens with two attached hydrogens (primary N) is 1. The second kappa shape index (κ2) is 11.4. The van der Waals surface area contributed by atoms with Crippen molar-refractivity contribution < 1.29 is 14.0 Å². The number of anilines is 2. The summed E-state index contributed by atoms with van der Waals surface area (Å²) in [6.45, 7) is 3.94. The molecule has 2 aromatic carbocycles. The molecule has 3 N–H and O–H groups in total. The molecule has 1 amide bonds. The Bertz CT molecular complexity index is 1660. The van der Waals surface area contributed by atoms with Gasteiger partial charge in [0, 0.05) is 23.3 Å². The smallest absolute Gasteiger partial charge is 0.234 e. The lowest BCUT2D eigenvalue weighted by Crippen LogP contribution is -2.42. The lowest BCUT2D eigenvalue weighted by Gasteiger charge is -2.42. The number of nitrogens with zero attached hydrogens (tertiary/aromatic N) is 4. The first kappa shape index (κ1) is 29.1. The third-order valence-corrected chi connectivity index (χ3v) is 9.41. The number of aromatic nitrogens is 2. The van der Waals surface area contributed by atoms with E-state index in [4.69, 9.17) is 28.9 Å². The quantitative estimate of drug-likeness (QED) is 0.290. The molecule has 1 aliphatic heterocycles. The number of allylic oxidation sites excluding steroid dienone is 3. The highest BCUT2D eigenvalue weighted by Crippen LogP contribution is 2.51. The predicted octanol–water partition coefficient (Wildman–Crippen LogP) is 6.66. The van der Waals surface area contributed by atoms with Gasteiger partial charge in [0.2, 0.25) is 11.0 Å². The Morgan fingerprint density at radius 2 is 1.93 bits per heavy atom. The van der Waals surface area contributed by atoms with Gasteiger partial charge in [-0.25, -0.2) is 4.39 Å². The summed E-state index contributed by atoms with van der Waals surface area (Å²) in [4.78, 5) is 27.7. The summed E-state index contributed by atoms with van der Waals surface area (Å²) < 4.78 is 15.5. The molecule has 3 aromatic rings. The molecule has 2 heterocycles. The van der Waals surface area contributed by atoms with Gasteiger partial charge in [-0.15, -0.1) is 10.2 Å². The average Bonchev–Trinajstić information content (AvgIpc) is 3.37. The van der Waals surface area contributed by atoms with Crippen LogP contribution >= 0.6 is 46.3 Å². The van der Waals surface area contributed by atoms with E-state index in [2.05, 4.69) is 21.6 Å². The summed E-state index contributed by atoms with van der Waals surface area (Å²) >= 11 is 14.6. The fourth-order valence-electron chi connectivity index (χ4n) is 5.02. The van der Waals surface area contributed by atoms with Gasteiger partial charge in [-0.3, -0.25) is 14.5 Å². The second-order valence-electron chi connectivity index (χ2n) is 10.3. The van der Waals surface area contributed by atoms with Gasteiger partial charge >= 0.3 is 0 Å². The van der Waals surface area contributed by atoms with E-state index in [-0.39, 0.29) is 40.8 Å². The van der Waals surface area contributed by atoms with Gasteiger partial charge in [-0.2, -0.15) is 5.26 Å². The second-order valence-corrected chi connectivity index (χ2v) is 13.3. The number of rotatable bonds is 6. The first-order valence-corrected chi connectivity index (χ1v) is 15.0. The maximum Gasteiger partial charge on any atom is 0.234 e. The number of ketones is 1. The van der Waals surface area contributed by atoms with Crippen LogP contribution in [0.4, 0.5) is 15.2 Å². The number of nitriles is 1. The van der Waals surface area contributed by atoms with Crippen molar-refractivity contribution in [1.29, 1.82) is 5.26 Å². The summed E-state index contributed by atoms with van der Waals surface area (Å²) in [6.07, 6.45) is 0.687. The van der Waals surface area contributed by atoms with Gasteiger partial charge < -0.3 is 11.1 Å². The Morgan fingerprint density at radius 1 is 1.22 bits per heavy atom. The van der Waals surface area contributed by atoms with E-state index in [1.807, 2.05) is 13.8 Å². The zero-order valence-electron chi connectivity index (χ0n) is 21.9. The zero-order chi connectivity index (χ0) is 29.5. The Kier molecular flexibility index (Phi) is 8.12. The van der Waals surface area contributed by atoms with E-state index in [1.165, 1.54) is 6.07 Å². The van der Waals surface area contributed by atoms with Crippen molar-refractivity contribution in [3.8, 4) is 6.07 Å². The van der Waals surface area contributed by atoms with Crippen LogP contribution in [0.1, 0.15) is 38.2 Å². The molecular formula is C28H23Cl2FN6O2S2. The summed E-state index contributed by atoms with van der Waals surface area (Å²) in [6, 6.07) is 13.1. The number of benzene rings is 2. The molecule has 0 saturated heterocycles. The SMILES string of the molecule is CC1(C)CC(=O)C2=C(C1)N(c1nnc(SCC(=O)Nc3c(Cl)cccc3Cl)s1)C(N)=C(C#N)C2c1ccccc1F. The van der Waals surface area contributed by atoms with Crippen molar-refractivity contribution in [1.82, 2.24) is 10.2 Å². The van der Waals surface area contributed by atoms with E-state index < -0.39 is 17.2 Å². The Labute approximate surface area is 254 Å². The third-order valence-electron chi connectivity index (χ3n) is 6.74. The summed E-state index contributed by atoms with van der Waals surface area (Å²) in [5.41, 5.74) is 7.68. The number of thioether (sulfide) groups is 1. The van der Waals surface area contributed by atoms with Crippen LogP contribution in [0.15, 0.2) is 69.5 Å². The fourth-order valence-corrected chi connectivity index (χ4v) is 7.19. The molecule has 41 heavy (non-hydrogen) atoms. The maximum absolute atomic E-state index is 15.0. The van der Waals surface area contributed by atoms with Gasteiger partial charge in [-0.1, -0.05) is 84.4 Å². The lowest BCUT2D eigenvalue weighted by molar-refractivity contribution is -0.118. The lowest BCUT2D eigenvalue weighted by atomic mass is 9.68. The summed E-state index contributed by atoms with van der Waals surface area (Å²) in [5, 5.41) is 22.3. The standard InChI is InChI=1S/C28H23Cl2FN6O2S2/c1-28(2)10-19-23(20(38)11-28)22(14-6-3-4-9-18(14)31)15(12-32)25(33)37(19)26-35-36-27(41-26)40-13-21(39)34-24-16(29)7-5-8-17(24)30/h3-9,22H,10-11,13,33H2,1-2H3,(H,34,39). The van der Waals surface area contributed by atoms with E-state index in [0.717, 1.165) is 23.1 Å². The minimum absolute atomic E-state index is 0.000224. The van der Waals surface area contributed by atoms with Crippen molar-refractivity contribution in [2.24, 2.45) is 11.1 Å². The summed E-state index contributed by atoms with van der Waals surface area (Å²) in [7, 11) is 0. The van der Waals surface area contributed by atoms with E-state index >= 15 is 4.39 Å². The average molecular weight is 630 g/mol. The number of hydrogen-bond donors (Lipinski definition) is 2. The third kappa shape index (κ3) is 5.70. The molecule has 8 nitrogen and oxygen atoms in total. The number of carbonyl (C=O) groups excluding carboxylic acids is 2. The van der Waals surface area contributed by atoms with Crippen molar-refractivity contribution >= 4 is 68.8 Å². The van der Waals surface area contributed by atoms with Gasteiger partial charge in [0.25, 0.3) is 0 Å². The first-order chi connectivity index (χ1) is 19.5. The molecule has 210 valence electrons. The number of hydrogen-bond acceptors (Lipinski definition) is 9. The molecule has 0 spiro atoms. The van der Waals surface area contributed by atoms with Gasteiger partial charge in [0.1, 0.15) is 11.6 Å². The van der Waals surface area contributed by atoms with Crippen LogP contribution in [0.2, 0.25) is 10.0 Å². The number of carbonyl (C=O) groups is 2. The van der Waals surface area contributed by atoms with Gasteiger partial charge in [0.15, 0.2) is 10.1 Å². The highest BCUT2D eigenvalue weighted by Gasteiger charge is 2.46. The molecule has 1 aliphatic carbocycles. The number of Topliss-reactive ketones (excluding diaryl/α,β-unsaturated/α-hetero) is 1. The number of nitrogens with one attached hydrogen (secondary N) is 1. The van der Waals surface area contributed by atoms with Crippen LogP contribution in [-0.4, -0.2) is 27.6 Å². The van der Waals surface area contributed by atoms with E-state index in [1.54, 1.807) is 41.3 Å². The molecular weight excluding hydrogens is 606 g/mol. The van der Waals surface area contributed by atoms with Crippen LogP contribution in [0, 0.1) is 22.6 Å². The van der Waals surface area contributed by atoms with Crippen LogP contribution < -0.4 is 16.0 Å². The van der Waals surface area contributed by atoms with E-state index in [9.17, 15) is 14.9 Å². The molecule has 2 aliphatic rings. The van der Waals surface area contributed by atoms with Crippen molar-refractivity contribution in [3.05, 3.63) is 86.6 Å². The molecule has 0 saturated carbocycles. The number of amides is 1. The Balaban J connectivity index is 1.47. The Morgan fingerprint density at radius 3 is 2.61 bits per heavy atom. The molecule has 13 heteroatoms. The van der Waals surface area contributed by atoms with Gasteiger partial charge in [-0.05, 0) is 30.0 Å². The van der Waals surface area contributed by atoms with Crippen LogP contribution in [0.25, 0.3) is 0 Å². The monoisotopic (exact) mass is 628 g/mol. The van der Waals surface area contributed by atoms with Crippen molar-refractivity contribution in [2.45, 2.75) is 36.9 Å². The highest BCUT2D eigenvalue weighted by molar-refractivity contribution is 8.01. The van der Waals surface area contributed by atoms with Crippen LogP contribution in [-0.2, 0) is 9.59 Å². The molecule has 1 unspecified atom stereocenters. The molecule has 0 radical (unpaired) electrons. The van der Waals surface area contributed by atoms with Crippen LogP contribution in [0.3, 0.4) is 0 Å². The normalized spacial score (nSPS) is 18.3.